The number of fused-ring (bicyclic) bond motifs is 3. The molecule has 0 bridgehead atoms. The first kappa shape index (κ1) is 24.3. The number of benzene rings is 1. The van der Waals surface area contributed by atoms with Gasteiger partial charge in [-0.15, -0.1) is 0 Å². The molecule has 0 saturated heterocycles. The van der Waals surface area contributed by atoms with Crippen molar-refractivity contribution in [2.75, 3.05) is 12.8 Å². The predicted molar refractivity (Wildman–Crippen MR) is 127 cm³/mol. The lowest BCUT2D eigenvalue weighted by molar-refractivity contribution is -0.144. The Morgan fingerprint density at radius 1 is 1.22 bits per heavy atom. The van der Waals surface area contributed by atoms with Crippen molar-refractivity contribution in [1.29, 1.82) is 0 Å². The van der Waals surface area contributed by atoms with E-state index in [0.29, 0.717) is 29.1 Å². The van der Waals surface area contributed by atoms with Gasteiger partial charge < -0.3 is 10.5 Å². The van der Waals surface area contributed by atoms with E-state index >= 15 is 4.39 Å². The lowest BCUT2D eigenvalue weighted by atomic mass is 10.1. The van der Waals surface area contributed by atoms with Crippen LogP contribution in [0, 0.1) is 11.7 Å². The second kappa shape index (κ2) is 9.22. The van der Waals surface area contributed by atoms with E-state index in [0.717, 1.165) is 22.3 Å². The number of rotatable bonds is 6. The molecular formula is C24H22F3N7O3. The fourth-order valence-electron chi connectivity index (χ4n) is 4.14. The summed E-state index contributed by atoms with van der Waals surface area (Å²) in [6.07, 6.45) is 4.00. The number of halogens is 3. The van der Waals surface area contributed by atoms with Crippen molar-refractivity contribution in [2.24, 2.45) is 13.0 Å². The van der Waals surface area contributed by atoms with Crippen molar-refractivity contribution in [3.05, 3.63) is 53.7 Å². The maximum atomic E-state index is 15.3. The van der Waals surface area contributed by atoms with E-state index in [1.54, 1.807) is 11.7 Å². The second-order valence-electron chi connectivity index (χ2n) is 8.74. The van der Waals surface area contributed by atoms with Crippen LogP contribution < -0.4 is 10.5 Å². The number of nitrogens with two attached hydrogens (primary N) is 1. The van der Waals surface area contributed by atoms with E-state index in [9.17, 15) is 18.4 Å². The number of hydrazine groups is 1. The summed E-state index contributed by atoms with van der Waals surface area (Å²) in [5, 5.41) is 7.42. The van der Waals surface area contributed by atoms with Gasteiger partial charge in [0.25, 0.3) is 5.91 Å². The Kier molecular flexibility index (Phi) is 6.05. The average molecular weight is 513 g/mol. The van der Waals surface area contributed by atoms with E-state index in [1.807, 2.05) is 0 Å². The molecule has 0 unspecified atom stereocenters. The zero-order valence-electron chi connectivity index (χ0n) is 19.9. The third-order valence-electron chi connectivity index (χ3n) is 6.20. The number of aromatic nitrogens is 4. The molecule has 3 heterocycles. The van der Waals surface area contributed by atoms with E-state index in [2.05, 4.69) is 19.8 Å². The second-order valence-corrected chi connectivity index (χ2v) is 8.74. The molecule has 0 aliphatic heterocycles. The Balaban J connectivity index is 1.55. The predicted octanol–water partition coefficient (Wildman–Crippen LogP) is 3.27. The summed E-state index contributed by atoms with van der Waals surface area (Å²) in [5.41, 5.74) is 6.79. The van der Waals surface area contributed by atoms with Crippen LogP contribution >= 0.6 is 0 Å². The summed E-state index contributed by atoms with van der Waals surface area (Å²) in [6, 6.07) is 5.13. The Bertz CT molecular complexity index is 1520. The molecule has 1 fully saturated rings. The fourth-order valence-corrected chi connectivity index (χ4v) is 4.14. The van der Waals surface area contributed by atoms with Crippen LogP contribution in [0.1, 0.15) is 28.9 Å². The normalized spacial score (nSPS) is 13.4. The van der Waals surface area contributed by atoms with Gasteiger partial charge in [-0.25, -0.2) is 14.4 Å². The number of pyridine rings is 2. The third kappa shape index (κ3) is 4.59. The summed E-state index contributed by atoms with van der Waals surface area (Å²) < 4.78 is 46.1. The highest BCUT2D eigenvalue weighted by Gasteiger charge is 2.36. The monoisotopic (exact) mass is 513 g/mol. The van der Waals surface area contributed by atoms with Crippen molar-refractivity contribution in [3.8, 4) is 5.75 Å². The highest BCUT2D eigenvalue weighted by atomic mass is 19.3. The lowest BCUT2D eigenvalue weighted by Crippen LogP contribution is -2.48. The Morgan fingerprint density at radius 2 is 1.97 bits per heavy atom. The molecule has 3 aromatic heterocycles. The molecule has 1 saturated carbocycles. The van der Waals surface area contributed by atoms with E-state index in [4.69, 9.17) is 5.73 Å². The van der Waals surface area contributed by atoms with Crippen molar-refractivity contribution in [2.45, 2.75) is 26.0 Å². The minimum Gasteiger partial charge on any atom is -0.433 e. The van der Waals surface area contributed by atoms with Crippen molar-refractivity contribution >= 4 is 39.4 Å². The smallest absolute Gasteiger partial charge is 0.387 e. The van der Waals surface area contributed by atoms with Gasteiger partial charge in [0, 0.05) is 31.5 Å². The zero-order chi connectivity index (χ0) is 26.4. The highest BCUT2D eigenvalue weighted by molar-refractivity contribution is 6.10. The minimum absolute atomic E-state index is 0.161. The molecule has 0 spiro atoms. The number of nitrogens with zero attached hydrogens (tertiary/aromatic N) is 6. The molecule has 10 nitrogen and oxygen atoms in total. The number of carbonyl (C=O) groups excluding carboxylic acids is 2. The van der Waals surface area contributed by atoms with E-state index in [1.165, 1.54) is 31.4 Å². The van der Waals surface area contributed by atoms with Gasteiger partial charge in [0.1, 0.15) is 17.4 Å². The summed E-state index contributed by atoms with van der Waals surface area (Å²) in [7, 11) is 3.11. The number of hydrogen-bond acceptors (Lipinski definition) is 7. The zero-order valence-corrected chi connectivity index (χ0v) is 19.9. The van der Waals surface area contributed by atoms with Crippen LogP contribution in [0.4, 0.5) is 19.0 Å². The first-order valence-corrected chi connectivity index (χ1v) is 11.3. The molecule has 1 aliphatic rings. The van der Waals surface area contributed by atoms with Gasteiger partial charge in [-0.2, -0.15) is 13.9 Å². The van der Waals surface area contributed by atoms with Crippen LogP contribution in [-0.4, -0.2) is 55.2 Å². The van der Waals surface area contributed by atoms with E-state index < -0.39 is 18.3 Å². The quantitative estimate of drug-likeness (QED) is 0.393. The van der Waals surface area contributed by atoms with Crippen LogP contribution in [0.3, 0.4) is 0 Å². The molecule has 2 N–H and O–H groups in total. The first-order chi connectivity index (χ1) is 17.6. The number of hydrogen-bond donors (Lipinski definition) is 1. The van der Waals surface area contributed by atoms with Crippen molar-refractivity contribution < 1.29 is 27.5 Å². The van der Waals surface area contributed by atoms with Crippen molar-refractivity contribution in [1.82, 2.24) is 29.8 Å². The number of carbonyl (C=O) groups is 2. The Morgan fingerprint density at radius 3 is 2.62 bits per heavy atom. The standard InChI is InChI=1S/C24H22F3N7O3/c1-32-20-16-7-15(18(25)8-19(16)31-21(28)17(20)10-30-32)23(36)34(33(2)22(35)12-3-4-12)11-13-5-6-14(9-29-13)37-24(26)27/h5-10,12,24H,3-4,11H2,1-2H3,(H2,28,31). The fraction of sp³-hybridized carbons (Fsp3) is 0.292. The number of amides is 2. The Labute approximate surface area is 208 Å². The summed E-state index contributed by atoms with van der Waals surface area (Å²) in [6.45, 7) is -3.24. The number of nitrogen functional groups attached to an aromatic ring is 1. The molecule has 0 radical (unpaired) electrons. The maximum Gasteiger partial charge on any atom is 0.387 e. The molecule has 1 aliphatic carbocycles. The summed E-state index contributed by atoms with van der Waals surface area (Å²) in [5.74, 6) is -2.15. The molecule has 192 valence electrons. The van der Waals surface area contributed by atoms with Gasteiger partial charge in [0.2, 0.25) is 5.91 Å². The van der Waals surface area contributed by atoms with Gasteiger partial charge in [0.15, 0.2) is 0 Å². The van der Waals surface area contributed by atoms with Crippen molar-refractivity contribution in [3.63, 3.8) is 0 Å². The molecule has 1 aromatic carbocycles. The van der Waals surface area contributed by atoms with Crippen LogP contribution in [0.25, 0.3) is 21.8 Å². The minimum atomic E-state index is -3.01. The van der Waals surface area contributed by atoms with Gasteiger partial charge >= 0.3 is 6.61 Å². The summed E-state index contributed by atoms with van der Waals surface area (Å²) >= 11 is 0. The van der Waals surface area contributed by atoms with E-state index in [-0.39, 0.29) is 46.7 Å². The lowest BCUT2D eigenvalue weighted by Gasteiger charge is -2.32. The number of ether oxygens (including phenoxy) is 1. The molecule has 4 aromatic rings. The average Bonchev–Trinajstić information content (AvgIpc) is 3.63. The maximum absolute atomic E-state index is 15.3. The molecular weight excluding hydrogens is 491 g/mol. The summed E-state index contributed by atoms with van der Waals surface area (Å²) in [4.78, 5) is 34.9. The number of anilines is 1. The third-order valence-corrected chi connectivity index (χ3v) is 6.20. The van der Waals surface area contributed by atoms with Gasteiger partial charge in [-0.1, -0.05) is 0 Å². The molecule has 13 heteroatoms. The topological polar surface area (TPSA) is 119 Å². The number of alkyl halides is 2. The van der Waals surface area contributed by atoms with Crippen LogP contribution in [0.5, 0.6) is 5.75 Å². The van der Waals surface area contributed by atoms with Gasteiger partial charge in [-0.05, 0) is 31.0 Å². The SMILES string of the molecule is CN(C(=O)C1CC1)N(Cc1ccc(OC(F)F)cn1)C(=O)c1cc2c(cc1F)nc(N)c1cnn(C)c12. The van der Waals surface area contributed by atoms with Crippen LogP contribution in [-0.2, 0) is 18.4 Å². The Hall–Kier alpha value is -4.42. The van der Waals surface area contributed by atoms with Gasteiger partial charge in [0.05, 0.1) is 46.6 Å². The first-order valence-electron chi connectivity index (χ1n) is 11.3. The molecule has 37 heavy (non-hydrogen) atoms. The largest absolute Gasteiger partial charge is 0.433 e. The molecule has 0 atom stereocenters. The molecule has 5 rings (SSSR count). The van der Waals surface area contributed by atoms with Gasteiger partial charge in [-0.3, -0.25) is 24.3 Å². The van der Waals surface area contributed by atoms with Crippen LogP contribution in [0.2, 0.25) is 0 Å². The molecule has 2 amide bonds. The number of aryl methyl sites for hydroxylation is 1. The highest BCUT2D eigenvalue weighted by Crippen LogP contribution is 2.33. The van der Waals surface area contributed by atoms with Crippen LogP contribution in [0.15, 0.2) is 36.7 Å².